The van der Waals surface area contributed by atoms with Crippen molar-refractivity contribution in [2.24, 2.45) is 0 Å². The molecule has 20 nitrogen and oxygen atoms in total. The first-order valence-corrected chi connectivity index (χ1v) is 28.9. The van der Waals surface area contributed by atoms with Crippen LogP contribution in [0.25, 0.3) is 0 Å². The molecule has 0 bridgehead atoms. The first-order valence-electron chi connectivity index (χ1n) is 24.5. The highest BCUT2D eigenvalue weighted by atomic mass is 79.9. The predicted molar refractivity (Wildman–Crippen MR) is 292 cm³/mol. The molecule has 23 heteroatoms. The predicted octanol–water partition coefficient (Wildman–Crippen LogP) is 7.54. The van der Waals surface area contributed by atoms with Gasteiger partial charge < -0.3 is 28.7 Å². The molecule has 1 N–H and O–H groups in total. The third kappa shape index (κ3) is 21.0. The molecule has 2 aromatic carbocycles. The van der Waals surface area contributed by atoms with Crippen LogP contribution >= 0.6 is 15.9 Å². The Morgan fingerprint density at radius 2 is 1.01 bits per heavy atom. The number of nitrogens with zero attached hydrogens (tertiary/aromatic N) is 7. The van der Waals surface area contributed by atoms with E-state index in [-0.39, 0.29) is 36.2 Å². The van der Waals surface area contributed by atoms with Crippen LogP contribution in [0.5, 0.6) is 0 Å². The smallest absolute Gasteiger partial charge is 0.410 e. The van der Waals surface area contributed by atoms with Crippen molar-refractivity contribution in [2.75, 3.05) is 87.1 Å². The number of sulfonamides is 2. The van der Waals surface area contributed by atoms with Crippen LogP contribution in [0.15, 0.2) is 85.2 Å². The van der Waals surface area contributed by atoms with Crippen molar-refractivity contribution in [3.63, 3.8) is 0 Å². The van der Waals surface area contributed by atoms with Gasteiger partial charge in [0.1, 0.15) is 11.2 Å². The topological polar surface area (TPSA) is 227 Å². The number of nitrogens with one attached hydrogen (secondary N) is 1. The number of carbonyl (C=O) groups is 4. The maximum Gasteiger partial charge on any atom is 0.410 e. The van der Waals surface area contributed by atoms with Crippen molar-refractivity contribution < 1.29 is 55.0 Å². The Labute approximate surface area is 451 Å². The number of pyridine rings is 2. The molecule has 4 heterocycles. The Balaban J connectivity index is 0.000000276. The normalized spacial score (nSPS) is 14.5. The maximum absolute atomic E-state index is 12.9. The van der Waals surface area contributed by atoms with Gasteiger partial charge in [0, 0.05) is 88.9 Å². The lowest BCUT2D eigenvalue weighted by Gasteiger charge is -2.35. The average Bonchev–Trinajstić information content (AvgIpc) is 3.38. The molecule has 0 saturated carbocycles. The number of aromatic nitrogens is 2. The van der Waals surface area contributed by atoms with Crippen LogP contribution in [0, 0.1) is 0 Å². The number of benzene rings is 2. The van der Waals surface area contributed by atoms with E-state index in [1.54, 1.807) is 72.2 Å². The second-order valence-corrected chi connectivity index (χ2v) is 24.2. The first-order chi connectivity index (χ1) is 35.3. The Morgan fingerprint density at radius 3 is 1.36 bits per heavy atom. The van der Waals surface area contributed by atoms with Gasteiger partial charge >= 0.3 is 24.1 Å². The van der Waals surface area contributed by atoms with E-state index in [1.807, 2.05) is 65.8 Å². The van der Waals surface area contributed by atoms with E-state index in [9.17, 15) is 36.0 Å². The molecule has 0 atom stereocenters. The summed E-state index contributed by atoms with van der Waals surface area (Å²) in [4.78, 5) is 63.2. The molecule has 2 aliphatic heterocycles. The second-order valence-electron chi connectivity index (χ2n) is 19.5. The summed E-state index contributed by atoms with van der Waals surface area (Å²) in [6, 6.07) is 21.5. The monoisotopic (exact) mass is 1140 g/mol. The maximum atomic E-state index is 12.9. The summed E-state index contributed by atoms with van der Waals surface area (Å²) in [7, 11) is -4.18. The van der Waals surface area contributed by atoms with E-state index in [2.05, 4.69) is 49.9 Å². The fraction of sp³-hybridized carbons (Fsp3) is 0.500. The van der Waals surface area contributed by atoms with Crippen LogP contribution in [0.1, 0.15) is 98.6 Å². The van der Waals surface area contributed by atoms with Gasteiger partial charge in [0.25, 0.3) is 0 Å². The van der Waals surface area contributed by atoms with Crippen molar-refractivity contribution in [1.29, 1.82) is 0 Å². The van der Waals surface area contributed by atoms with Crippen LogP contribution in [0.3, 0.4) is 0 Å². The van der Waals surface area contributed by atoms with E-state index in [1.165, 1.54) is 30.9 Å². The zero-order valence-electron chi connectivity index (χ0n) is 44.7. The van der Waals surface area contributed by atoms with Crippen LogP contribution in [0.2, 0.25) is 0 Å². The molecule has 0 radical (unpaired) electrons. The molecule has 2 aliphatic rings. The van der Waals surface area contributed by atoms with Gasteiger partial charge in [-0.15, -0.1) is 0 Å². The van der Waals surface area contributed by atoms with Crippen LogP contribution < -0.4 is 9.03 Å². The van der Waals surface area contributed by atoms with E-state index in [0.717, 1.165) is 49.5 Å². The molecular weight excluding hydrogens is 1070 g/mol. The largest absolute Gasteiger partial charge is 0.465 e. The molecule has 6 rings (SSSR count). The van der Waals surface area contributed by atoms with Gasteiger partial charge in [-0.25, -0.2) is 36.0 Å². The van der Waals surface area contributed by atoms with Crippen LogP contribution in [0.4, 0.5) is 21.0 Å². The highest BCUT2D eigenvalue weighted by molar-refractivity contribution is 9.08. The van der Waals surface area contributed by atoms with Gasteiger partial charge in [0.15, 0.2) is 0 Å². The molecule has 0 spiro atoms. The molecular formula is C52H73BrN8O12S2. The quantitative estimate of drug-likeness (QED) is 0.0689. The molecule has 2 amide bonds. The lowest BCUT2D eigenvalue weighted by molar-refractivity contribution is 0.0129. The molecule has 0 unspecified atom stereocenters. The number of halogens is 1. The number of rotatable bonds is 15. The zero-order valence-corrected chi connectivity index (χ0v) is 47.9. The fourth-order valence-electron chi connectivity index (χ4n) is 7.20. The third-order valence-corrected chi connectivity index (χ3v) is 14.9. The number of alkyl halides is 1. The number of methoxy groups -OCH3 is 2. The van der Waals surface area contributed by atoms with Gasteiger partial charge in [0.05, 0.1) is 60.5 Å². The minimum atomic E-state index is -3.57. The van der Waals surface area contributed by atoms with E-state index < -0.39 is 37.2 Å². The molecule has 75 heavy (non-hydrogen) atoms. The van der Waals surface area contributed by atoms with Gasteiger partial charge in [-0.1, -0.05) is 40.2 Å². The van der Waals surface area contributed by atoms with Crippen molar-refractivity contribution in [3.05, 3.63) is 119 Å². The molecule has 4 aromatic rings. The van der Waals surface area contributed by atoms with Crippen molar-refractivity contribution >= 4 is 71.5 Å². The SMILES string of the molecule is CCS(=O)(=O)N(Cc1ccc(C(=O)OC)cn1)c1ccc(CN2CCN(C(=O)OC(C)(C)C)CC2)cc1.CCS(=O)(=O)Nc1ccc(CN2CCN(C(=O)OC(C)(C)C)CC2)cc1.COC(=O)c1ccc(CBr)nc1. The summed E-state index contributed by atoms with van der Waals surface area (Å²) < 4.78 is 72.8. The van der Waals surface area contributed by atoms with Gasteiger partial charge in [0.2, 0.25) is 20.0 Å². The number of carbonyl (C=O) groups excluding carboxylic acids is 4. The third-order valence-electron chi connectivity index (χ3n) is 11.3. The van der Waals surface area contributed by atoms with Crippen molar-refractivity contribution in [2.45, 2.75) is 91.6 Å². The number of piperazine rings is 2. The molecule has 0 aliphatic carbocycles. The van der Waals surface area contributed by atoms with Crippen LogP contribution in [-0.4, -0.2) is 160 Å². The molecule has 2 aromatic heterocycles. The molecule has 2 saturated heterocycles. The summed E-state index contributed by atoms with van der Waals surface area (Å²) in [5, 5.41) is 0.689. The fourth-order valence-corrected chi connectivity index (χ4v) is 9.25. The summed E-state index contributed by atoms with van der Waals surface area (Å²) >= 11 is 3.26. The minimum Gasteiger partial charge on any atom is -0.465 e. The summed E-state index contributed by atoms with van der Waals surface area (Å²) in [5.74, 6) is -0.865. The summed E-state index contributed by atoms with van der Waals surface area (Å²) in [5.41, 5.74) is 4.45. The van der Waals surface area contributed by atoms with Gasteiger partial charge in [-0.3, -0.25) is 28.8 Å². The average molecular weight is 1150 g/mol. The van der Waals surface area contributed by atoms with Crippen LogP contribution in [-0.2, 0) is 64.0 Å². The Bertz CT molecular complexity index is 2690. The van der Waals surface area contributed by atoms with Crippen molar-refractivity contribution in [3.8, 4) is 0 Å². The number of ether oxygens (including phenoxy) is 4. The molecule has 2 fully saturated rings. The van der Waals surface area contributed by atoms with E-state index in [4.69, 9.17) is 9.47 Å². The standard InChI is InChI=1S/C26H36N4O6S.C18H29N3O4S.C8H8BrNO2/c1-6-37(33,34)30(19-22-10-9-21(17-27-22)24(31)35-5)23-11-7-20(8-12-23)18-28-13-15-29(16-14-28)25(32)36-26(2,3)4;1-5-26(23,24)19-16-8-6-15(7-9-16)14-20-10-12-21(13-11-20)17(22)25-18(2,3)4;1-12-8(11)6-2-3-7(4-9)10-5-6/h7-12,17H,6,13-16,18-19H2,1-5H3;6-9,19H,5,10-14H2,1-4H3;2-3,5H,4H2,1H3. The lowest BCUT2D eigenvalue weighted by atomic mass is 10.1. The Hall–Kier alpha value is -5.88. The van der Waals surface area contributed by atoms with E-state index >= 15 is 0 Å². The van der Waals surface area contributed by atoms with E-state index in [0.29, 0.717) is 66.2 Å². The highest BCUT2D eigenvalue weighted by Gasteiger charge is 2.28. The second kappa shape index (κ2) is 28.3. The number of hydrogen-bond acceptors (Lipinski definition) is 16. The minimum absolute atomic E-state index is 0.0452. The number of anilines is 2. The van der Waals surface area contributed by atoms with Gasteiger partial charge in [-0.05, 0) is 115 Å². The number of hydrogen-bond donors (Lipinski definition) is 1. The summed E-state index contributed by atoms with van der Waals surface area (Å²) in [6.07, 6.45) is 2.33. The zero-order chi connectivity index (χ0) is 55.6. The Kier molecular flexibility index (Phi) is 23.3. The Morgan fingerprint density at radius 1 is 0.600 bits per heavy atom. The first kappa shape index (κ1) is 61.7. The summed E-state index contributed by atoms with van der Waals surface area (Å²) in [6.45, 7) is 21.4. The van der Waals surface area contributed by atoms with Gasteiger partial charge in [-0.2, -0.15) is 0 Å². The number of esters is 2. The number of amides is 2. The highest BCUT2D eigenvalue weighted by Crippen LogP contribution is 2.24. The van der Waals surface area contributed by atoms with Crippen molar-refractivity contribution in [1.82, 2.24) is 29.6 Å². The molecule has 412 valence electrons. The lowest BCUT2D eigenvalue weighted by Crippen LogP contribution is -2.49.